The lowest BCUT2D eigenvalue weighted by atomic mass is 9.95. The number of hydrogen-bond donors (Lipinski definition) is 2. The minimum absolute atomic E-state index is 0.0877. The molecule has 3 N–H and O–H groups in total. The van der Waals surface area contributed by atoms with Gasteiger partial charge in [-0.25, -0.2) is 9.18 Å². The van der Waals surface area contributed by atoms with Crippen LogP contribution in [0.4, 0.5) is 4.39 Å². The molecule has 0 unspecified atom stereocenters. The largest absolute Gasteiger partial charge is 0.477 e. The van der Waals surface area contributed by atoms with Gasteiger partial charge in [0.15, 0.2) is 0 Å². The molecule has 0 bridgehead atoms. The molecule has 6 heteroatoms. The fourth-order valence-corrected chi connectivity index (χ4v) is 3.13. The second kappa shape index (κ2) is 4.64. The summed E-state index contributed by atoms with van der Waals surface area (Å²) in [5, 5.41) is 9.24. The molecule has 1 saturated carbocycles. The molecule has 2 aromatic rings. The van der Waals surface area contributed by atoms with Gasteiger partial charge in [-0.3, -0.25) is 4.79 Å². The average molecular weight is 304 g/mol. The smallest absolute Gasteiger partial charge is 0.341 e. The fourth-order valence-electron chi connectivity index (χ4n) is 3.13. The monoisotopic (exact) mass is 304 g/mol. The number of aromatic nitrogens is 1. The Bertz CT molecular complexity index is 866. The van der Waals surface area contributed by atoms with Crippen molar-refractivity contribution in [3.8, 4) is 0 Å². The lowest BCUT2D eigenvalue weighted by Crippen LogP contribution is -2.25. The van der Waals surface area contributed by atoms with Crippen LogP contribution in [0.2, 0.25) is 0 Å². The fraction of sp³-hybridized carbons (Fsp3) is 0.375. The van der Waals surface area contributed by atoms with Gasteiger partial charge in [-0.05, 0) is 38.3 Å². The minimum atomic E-state index is -1.31. The first-order chi connectivity index (χ1) is 10.3. The van der Waals surface area contributed by atoms with E-state index >= 15 is 0 Å². The van der Waals surface area contributed by atoms with Gasteiger partial charge in [-0.1, -0.05) is 0 Å². The number of pyridine rings is 1. The summed E-state index contributed by atoms with van der Waals surface area (Å²) in [5.41, 5.74) is 6.08. The second-order valence-electron chi connectivity index (χ2n) is 5.87. The Labute approximate surface area is 126 Å². The quantitative estimate of drug-likeness (QED) is 0.909. The molecular weight excluding hydrogens is 287 g/mol. The van der Waals surface area contributed by atoms with E-state index in [1.54, 1.807) is 11.5 Å². The maximum absolute atomic E-state index is 14.5. The number of carbonyl (C=O) groups is 1. The highest BCUT2D eigenvalue weighted by atomic mass is 19.1. The molecule has 5 nitrogen and oxygen atoms in total. The van der Waals surface area contributed by atoms with Crippen molar-refractivity contribution in [1.29, 1.82) is 0 Å². The number of carboxylic acids is 1. The summed E-state index contributed by atoms with van der Waals surface area (Å²) < 4.78 is 16.2. The number of nitrogens with zero attached hydrogens (tertiary/aromatic N) is 1. The molecule has 1 aromatic carbocycles. The van der Waals surface area contributed by atoms with Gasteiger partial charge in [0.25, 0.3) is 0 Å². The van der Waals surface area contributed by atoms with Crippen LogP contribution in [0.5, 0.6) is 0 Å². The van der Waals surface area contributed by atoms with Crippen LogP contribution in [-0.2, 0) is 12.1 Å². The first-order valence-electron chi connectivity index (χ1n) is 7.19. The van der Waals surface area contributed by atoms with Crippen LogP contribution in [-0.4, -0.2) is 15.6 Å². The maximum Gasteiger partial charge on any atom is 0.341 e. The molecular formula is C16H17FN2O3. The highest BCUT2D eigenvalue weighted by molar-refractivity contribution is 5.94. The summed E-state index contributed by atoms with van der Waals surface area (Å²) in [4.78, 5) is 23.5. The number of nitrogens with two attached hydrogens (primary N) is 1. The Balaban J connectivity index is 2.48. The van der Waals surface area contributed by atoms with Crippen molar-refractivity contribution in [2.45, 2.75) is 38.8 Å². The number of hydrogen-bond acceptors (Lipinski definition) is 3. The molecule has 0 atom stereocenters. The van der Waals surface area contributed by atoms with E-state index in [0.29, 0.717) is 36.0 Å². The third-order valence-corrected chi connectivity index (χ3v) is 4.41. The number of aromatic carboxylic acids is 1. The molecule has 0 amide bonds. The number of fused-ring (bicyclic) bond motifs is 1. The van der Waals surface area contributed by atoms with Crippen molar-refractivity contribution >= 4 is 16.9 Å². The van der Waals surface area contributed by atoms with Gasteiger partial charge >= 0.3 is 5.97 Å². The highest BCUT2D eigenvalue weighted by Crippen LogP contribution is 2.46. The van der Waals surface area contributed by atoms with Crippen LogP contribution in [0, 0.1) is 12.7 Å². The molecule has 1 aliphatic carbocycles. The topological polar surface area (TPSA) is 85.3 Å². The van der Waals surface area contributed by atoms with Crippen molar-refractivity contribution in [1.82, 2.24) is 4.57 Å². The first-order valence-corrected chi connectivity index (χ1v) is 7.19. The minimum Gasteiger partial charge on any atom is -0.477 e. The Morgan fingerprint density at radius 1 is 1.50 bits per heavy atom. The van der Waals surface area contributed by atoms with Gasteiger partial charge in [-0.15, -0.1) is 0 Å². The lowest BCUT2D eigenvalue weighted by molar-refractivity contribution is 0.0695. The van der Waals surface area contributed by atoms with Gasteiger partial charge in [0.2, 0.25) is 5.43 Å². The SMILES string of the molecule is CCn1cc(C(=O)O)c(=O)c2cc(F)c(C3(N)CC3)c(C)c21. The van der Waals surface area contributed by atoms with E-state index in [1.165, 1.54) is 6.20 Å². The first kappa shape index (κ1) is 14.7. The molecule has 0 saturated heterocycles. The summed E-state index contributed by atoms with van der Waals surface area (Å²) in [6.45, 7) is 4.05. The Kier molecular flexibility index (Phi) is 3.11. The van der Waals surface area contributed by atoms with E-state index in [-0.39, 0.29) is 10.9 Å². The highest BCUT2D eigenvalue weighted by Gasteiger charge is 2.43. The van der Waals surface area contributed by atoms with Gasteiger partial charge in [0.05, 0.1) is 5.52 Å². The van der Waals surface area contributed by atoms with Crippen molar-refractivity contribution in [3.05, 3.63) is 45.0 Å². The number of carboxylic acid groups (broad SMARTS) is 1. The number of benzene rings is 1. The van der Waals surface area contributed by atoms with Crippen LogP contribution >= 0.6 is 0 Å². The van der Waals surface area contributed by atoms with Gasteiger partial charge < -0.3 is 15.4 Å². The maximum atomic E-state index is 14.5. The summed E-state index contributed by atoms with van der Waals surface area (Å²) in [7, 11) is 0. The zero-order valence-electron chi connectivity index (χ0n) is 12.4. The van der Waals surface area contributed by atoms with Gasteiger partial charge in [0, 0.05) is 29.2 Å². The van der Waals surface area contributed by atoms with E-state index in [2.05, 4.69) is 0 Å². The number of rotatable bonds is 3. The Hall–Kier alpha value is -2.21. The average Bonchev–Trinajstić information content (AvgIpc) is 3.18. The third-order valence-electron chi connectivity index (χ3n) is 4.41. The normalized spacial score (nSPS) is 16.0. The standard InChI is InChI=1S/C16H17FN2O3/c1-3-19-7-10(15(21)22)14(20)9-6-11(17)12(8(2)13(9)19)16(18)4-5-16/h6-7H,3-5,18H2,1-2H3,(H,21,22). The molecule has 0 radical (unpaired) electrons. The lowest BCUT2D eigenvalue weighted by Gasteiger charge is -2.19. The van der Waals surface area contributed by atoms with Gasteiger partial charge in [0.1, 0.15) is 11.4 Å². The van der Waals surface area contributed by atoms with Crippen molar-refractivity contribution in [2.75, 3.05) is 0 Å². The number of halogens is 1. The third kappa shape index (κ3) is 1.94. The summed E-state index contributed by atoms with van der Waals surface area (Å²) in [6.07, 6.45) is 2.73. The second-order valence-corrected chi connectivity index (χ2v) is 5.87. The van der Waals surface area contributed by atoms with Crippen molar-refractivity contribution in [3.63, 3.8) is 0 Å². The van der Waals surface area contributed by atoms with E-state index in [4.69, 9.17) is 10.8 Å². The van der Waals surface area contributed by atoms with E-state index in [9.17, 15) is 14.0 Å². The van der Waals surface area contributed by atoms with E-state index in [1.807, 2.05) is 6.92 Å². The van der Waals surface area contributed by atoms with Crippen LogP contribution in [0.25, 0.3) is 10.9 Å². The van der Waals surface area contributed by atoms with Crippen LogP contribution in [0.15, 0.2) is 17.1 Å². The molecule has 0 aliphatic heterocycles. The van der Waals surface area contributed by atoms with Gasteiger partial charge in [-0.2, -0.15) is 0 Å². The molecule has 1 fully saturated rings. The van der Waals surface area contributed by atoms with Crippen LogP contribution in [0.3, 0.4) is 0 Å². The molecule has 116 valence electrons. The summed E-state index contributed by atoms with van der Waals surface area (Å²) in [5.74, 6) is -1.85. The Morgan fingerprint density at radius 2 is 2.14 bits per heavy atom. The molecule has 0 spiro atoms. The zero-order chi connectivity index (χ0) is 16.2. The molecule has 3 rings (SSSR count). The molecule has 1 aliphatic rings. The number of aryl methyl sites for hydroxylation is 2. The Morgan fingerprint density at radius 3 is 2.64 bits per heavy atom. The molecule has 1 aromatic heterocycles. The van der Waals surface area contributed by atoms with Crippen molar-refractivity contribution in [2.24, 2.45) is 5.73 Å². The van der Waals surface area contributed by atoms with Crippen LogP contribution < -0.4 is 11.2 Å². The van der Waals surface area contributed by atoms with E-state index < -0.39 is 22.8 Å². The molecule has 22 heavy (non-hydrogen) atoms. The molecule has 1 heterocycles. The van der Waals surface area contributed by atoms with Crippen LogP contribution in [0.1, 0.15) is 41.3 Å². The summed E-state index contributed by atoms with van der Waals surface area (Å²) in [6, 6.07) is 1.13. The predicted octanol–water partition coefficient (Wildman–Crippen LogP) is 2.11. The van der Waals surface area contributed by atoms with E-state index in [0.717, 1.165) is 6.07 Å². The van der Waals surface area contributed by atoms with Crippen molar-refractivity contribution < 1.29 is 14.3 Å². The predicted molar refractivity (Wildman–Crippen MR) is 80.6 cm³/mol. The zero-order valence-corrected chi connectivity index (χ0v) is 12.4. The summed E-state index contributed by atoms with van der Waals surface area (Å²) >= 11 is 0.